The van der Waals surface area contributed by atoms with Gasteiger partial charge < -0.3 is 14.8 Å². The van der Waals surface area contributed by atoms with Crippen LogP contribution in [0.25, 0.3) is 0 Å². The van der Waals surface area contributed by atoms with Crippen LogP contribution >= 0.6 is 0 Å². The summed E-state index contributed by atoms with van der Waals surface area (Å²) in [7, 11) is 3.15. The van der Waals surface area contributed by atoms with E-state index in [0.29, 0.717) is 17.1 Å². The number of carbonyl (C=O) groups excluding carboxylic acids is 2. The molecule has 3 aromatic carbocycles. The Morgan fingerprint density at radius 1 is 0.970 bits per heavy atom. The summed E-state index contributed by atoms with van der Waals surface area (Å²) >= 11 is 0. The van der Waals surface area contributed by atoms with E-state index >= 15 is 0 Å². The van der Waals surface area contributed by atoms with Crippen molar-refractivity contribution in [2.24, 2.45) is 0 Å². The van der Waals surface area contributed by atoms with Crippen molar-refractivity contribution in [2.75, 3.05) is 14.2 Å². The van der Waals surface area contributed by atoms with Crippen molar-refractivity contribution in [1.82, 2.24) is 10.7 Å². The lowest BCUT2D eigenvalue weighted by Crippen LogP contribution is -2.42. The summed E-state index contributed by atoms with van der Waals surface area (Å²) in [6.45, 7) is 1.96. The van der Waals surface area contributed by atoms with Crippen LogP contribution < -0.4 is 20.2 Å². The van der Waals surface area contributed by atoms with Crippen molar-refractivity contribution in [3.63, 3.8) is 0 Å². The minimum absolute atomic E-state index is 0.291. The highest BCUT2D eigenvalue weighted by atomic mass is 16.5. The third kappa shape index (κ3) is 4.72. The lowest BCUT2D eigenvalue weighted by Gasteiger charge is -2.15. The molecule has 168 valence electrons. The van der Waals surface area contributed by atoms with E-state index in [4.69, 9.17) is 9.47 Å². The maximum atomic E-state index is 13.0. The lowest BCUT2D eigenvalue weighted by molar-refractivity contribution is -0.596. The Balaban J connectivity index is 1.69. The molecule has 0 bridgehead atoms. The van der Waals surface area contributed by atoms with Crippen LogP contribution in [-0.2, 0) is 4.79 Å². The van der Waals surface area contributed by atoms with Gasteiger partial charge in [-0.05, 0) is 37.3 Å². The molecule has 1 aliphatic heterocycles. The average molecular weight is 445 g/mol. The Bertz CT molecular complexity index is 1190. The number of amides is 2. The number of ether oxygens (including phenoxy) is 2. The molecule has 7 heteroatoms. The van der Waals surface area contributed by atoms with E-state index in [2.05, 4.69) is 10.7 Å². The minimum Gasteiger partial charge on any atom is -0.493 e. The van der Waals surface area contributed by atoms with E-state index in [-0.39, 0.29) is 11.8 Å². The Morgan fingerprint density at radius 3 is 2.33 bits per heavy atom. The minimum atomic E-state index is -0.780. The molecule has 7 nitrogen and oxygen atoms in total. The zero-order valence-electron chi connectivity index (χ0n) is 18.7. The second-order valence-electron chi connectivity index (χ2n) is 7.80. The fourth-order valence-corrected chi connectivity index (χ4v) is 3.85. The number of hydrazine groups is 1. The third-order valence-electron chi connectivity index (χ3n) is 5.57. The van der Waals surface area contributed by atoms with Crippen LogP contribution in [0, 0.1) is 6.92 Å². The fraction of sp³-hybridized carbons (Fsp3) is 0.192. The van der Waals surface area contributed by atoms with Gasteiger partial charge in [0.05, 0.1) is 14.2 Å². The van der Waals surface area contributed by atoms with Crippen molar-refractivity contribution >= 4 is 18.0 Å². The molecule has 0 spiro atoms. The summed E-state index contributed by atoms with van der Waals surface area (Å²) in [6, 6.07) is 21.1. The van der Waals surface area contributed by atoms with Crippen LogP contribution in [0.2, 0.25) is 0 Å². The molecular formula is C26H26N3O4+. The largest absolute Gasteiger partial charge is 0.493 e. The highest BCUT2D eigenvalue weighted by Crippen LogP contribution is 2.28. The standard InChI is InChI=1S/C26H25N3O4/c1-17-9-12-20(13-10-17)25(30)27-23-24(19-7-5-4-6-8-19)29(28-26(23)31)16-18-11-14-21(32-2)22(15-18)33-3/h4-16,23-24H,1-3H3,(H-,27,28,30,31)/p+1/b29-16-/t23-,24+/m1/s1. The Hall–Kier alpha value is -4.13. The molecule has 4 rings (SSSR count). The number of hydrogen-bond acceptors (Lipinski definition) is 4. The smallest absolute Gasteiger partial charge is 0.304 e. The van der Waals surface area contributed by atoms with Gasteiger partial charge in [0.15, 0.2) is 17.5 Å². The maximum absolute atomic E-state index is 13.0. The van der Waals surface area contributed by atoms with E-state index in [1.807, 2.05) is 67.7 Å². The first-order chi connectivity index (χ1) is 16.0. The molecule has 2 amide bonds. The molecule has 1 saturated heterocycles. The number of rotatable bonds is 6. The van der Waals surface area contributed by atoms with Crippen molar-refractivity contribution in [2.45, 2.75) is 19.0 Å². The van der Waals surface area contributed by atoms with Crippen LogP contribution in [0.3, 0.4) is 0 Å². The first kappa shape index (κ1) is 22.1. The topological polar surface area (TPSA) is 79.7 Å². The second-order valence-corrected chi connectivity index (χ2v) is 7.80. The van der Waals surface area contributed by atoms with Gasteiger partial charge in [-0.15, -0.1) is 10.1 Å². The van der Waals surface area contributed by atoms with Crippen molar-refractivity contribution in [3.8, 4) is 11.5 Å². The first-order valence-corrected chi connectivity index (χ1v) is 10.6. The van der Waals surface area contributed by atoms with Crippen LogP contribution in [0.5, 0.6) is 11.5 Å². The average Bonchev–Trinajstić information content (AvgIpc) is 3.14. The quantitative estimate of drug-likeness (QED) is 0.573. The molecule has 1 heterocycles. The molecule has 1 aliphatic rings. The van der Waals surface area contributed by atoms with E-state index in [0.717, 1.165) is 16.7 Å². The molecular weight excluding hydrogens is 418 g/mol. The SMILES string of the molecule is COc1ccc(/C=[N+]2\NC(=O)[C@H](NC(=O)c3ccc(C)cc3)[C@@H]2c2ccccc2)cc1OC. The fourth-order valence-electron chi connectivity index (χ4n) is 3.85. The van der Waals surface area contributed by atoms with Gasteiger partial charge in [-0.2, -0.15) is 0 Å². The summed E-state index contributed by atoms with van der Waals surface area (Å²) in [5.74, 6) is 0.602. The maximum Gasteiger partial charge on any atom is 0.304 e. The Morgan fingerprint density at radius 2 is 1.67 bits per heavy atom. The number of methoxy groups -OCH3 is 2. The molecule has 0 aromatic heterocycles. The first-order valence-electron chi connectivity index (χ1n) is 10.6. The normalized spacial score (nSPS) is 18.6. The molecule has 2 N–H and O–H groups in total. The number of hydrogen-bond donors (Lipinski definition) is 2. The molecule has 0 aliphatic carbocycles. The highest BCUT2D eigenvalue weighted by Gasteiger charge is 2.47. The van der Waals surface area contributed by atoms with E-state index in [9.17, 15) is 9.59 Å². The zero-order valence-corrected chi connectivity index (χ0v) is 18.7. The van der Waals surface area contributed by atoms with Gasteiger partial charge in [-0.25, -0.2) is 0 Å². The molecule has 3 aromatic rings. The van der Waals surface area contributed by atoms with Gasteiger partial charge in [-0.1, -0.05) is 48.0 Å². The van der Waals surface area contributed by atoms with E-state index in [1.165, 1.54) is 0 Å². The molecule has 0 radical (unpaired) electrons. The predicted molar refractivity (Wildman–Crippen MR) is 125 cm³/mol. The summed E-state index contributed by atoms with van der Waals surface area (Å²) in [4.78, 5) is 25.9. The monoisotopic (exact) mass is 444 g/mol. The number of nitrogens with zero attached hydrogens (tertiary/aromatic N) is 1. The second kappa shape index (κ2) is 9.56. The van der Waals surface area contributed by atoms with Crippen molar-refractivity contribution < 1.29 is 23.7 Å². The van der Waals surface area contributed by atoms with Crippen molar-refractivity contribution in [1.29, 1.82) is 0 Å². The Labute approximate surface area is 192 Å². The molecule has 1 fully saturated rings. The van der Waals surface area contributed by atoms with Gasteiger partial charge in [-0.3, -0.25) is 9.59 Å². The van der Waals surface area contributed by atoms with Gasteiger partial charge in [0.1, 0.15) is 0 Å². The van der Waals surface area contributed by atoms with Gasteiger partial charge in [0.2, 0.25) is 12.3 Å². The zero-order chi connectivity index (χ0) is 23.4. The third-order valence-corrected chi connectivity index (χ3v) is 5.57. The summed E-state index contributed by atoms with van der Waals surface area (Å²) < 4.78 is 12.4. The van der Waals surface area contributed by atoms with Crippen LogP contribution in [-0.4, -0.2) is 43.0 Å². The van der Waals surface area contributed by atoms with Crippen LogP contribution in [0.1, 0.15) is 33.1 Å². The molecule has 0 unspecified atom stereocenters. The van der Waals surface area contributed by atoms with Crippen LogP contribution in [0.4, 0.5) is 0 Å². The predicted octanol–water partition coefficient (Wildman–Crippen LogP) is 3.03. The lowest BCUT2D eigenvalue weighted by atomic mass is 9.99. The summed E-state index contributed by atoms with van der Waals surface area (Å²) in [5.41, 5.74) is 6.14. The Kier molecular flexibility index (Phi) is 6.40. The molecule has 0 saturated carbocycles. The molecule has 2 atom stereocenters. The summed E-state index contributed by atoms with van der Waals surface area (Å²) in [5, 5.41) is 2.91. The number of aryl methyl sites for hydroxylation is 1. The highest BCUT2D eigenvalue weighted by molar-refractivity contribution is 5.98. The number of hydrazone groups is 1. The molecule has 33 heavy (non-hydrogen) atoms. The van der Waals surface area contributed by atoms with Gasteiger partial charge >= 0.3 is 5.91 Å². The van der Waals surface area contributed by atoms with E-state index < -0.39 is 12.1 Å². The van der Waals surface area contributed by atoms with Gasteiger partial charge in [0.25, 0.3) is 5.91 Å². The van der Waals surface area contributed by atoms with Gasteiger partial charge in [0, 0.05) is 16.7 Å². The number of carbonyl (C=O) groups is 2. The number of benzene rings is 3. The van der Waals surface area contributed by atoms with Crippen LogP contribution in [0.15, 0.2) is 72.8 Å². The van der Waals surface area contributed by atoms with E-state index in [1.54, 1.807) is 37.1 Å². The number of nitrogens with one attached hydrogen (secondary N) is 2. The summed E-state index contributed by atoms with van der Waals surface area (Å²) in [6.07, 6.45) is 1.82. The van der Waals surface area contributed by atoms with Crippen molar-refractivity contribution in [3.05, 3.63) is 95.1 Å².